The van der Waals surface area contributed by atoms with E-state index in [-0.39, 0.29) is 17.2 Å². The first-order valence-corrected chi connectivity index (χ1v) is 9.46. The number of rotatable bonds is 6. The molecule has 0 aromatic carbocycles. The summed E-state index contributed by atoms with van der Waals surface area (Å²) in [6.07, 6.45) is -0.780. The molecule has 0 aliphatic carbocycles. The average Bonchev–Trinajstić information content (AvgIpc) is 3.35. The Hall–Kier alpha value is -3.81. The second-order valence-corrected chi connectivity index (χ2v) is 7.67. The van der Waals surface area contributed by atoms with Crippen molar-refractivity contribution in [1.29, 1.82) is 0 Å². The summed E-state index contributed by atoms with van der Waals surface area (Å²) in [6.45, 7) is 4.05. The van der Waals surface area contributed by atoms with Crippen LogP contribution in [0.4, 0.5) is 23.2 Å². The van der Waals surface area contributed by atoms with E-state index in [4.69, 9.17) is 5.84 Å². The van der Waals surface area contributed by atoms with E-state index in [0.29, 0.717) is 5.69 Å². The quantitative estimate of drug-likeness (QED) is 0.219. The second kappa shape index (κ2) is 8.61. The fourth-order valence-corrected chi connectivity index (χ4v) is 2.89. The highest BCUT2D eigenvalue weighted by Crippen LogP contribution is 2.28. The van der Waals surface area contributed by atoms with Gasteiger partial charge in [-0.3, -0.25) is 24.3 Å². The highest BCUT2D eigenvalue weighted by atomic mass is 19.4. The fourth-order valence-electron chi connectivity index (χ4n) is 2.89. The molecule has 0 fully saturated rings. The largest absolute Gasteiger partial charge is 0.435 e. The van der Waals surface area contributed by atoms with Crippen molar-refractivity contribution in [3.05, 3.63) is 53.8 Å². The molecule has 3 heterocycles. The second-order valence-electron chi connectivity index (χ2n) is 7.67. The lowest BCUT2D eigenvalue weighted by atomic mass is 9.89. The normalized spacial score (nSPS) is 12.0. The van der Waals surface area contributed by atoms with Gasteiger partial charge in [-0.15, -0.1) is 0 Å². The Kier molecular flexibility index (Phi) is 6.22. The van der Waals surface area contributed by atoms with Gasteiger partial charge < -0.3 is 5.32 Å². The van der Waals surface area contributed by atoms with E-state index in [2.05, 4.69) is 20.4 Å². The van der Waals surface area contributed by atoms with Crippen molar-refractivity contribution in [3.8, 4) is 5.82 Å². The number of hydrazine groups is 1. The van der Waals surface area contributed by atoms with Crippen LogP contribution >= 0.6 is 0 Å². The van der Waals surface area contributed by atoms with Crippen LogP contribution in [0.2, 0.25) is 0 Å². The lowest BCUT2D eigenvalue weighted by molar-refractivity contribution is -0.141. The van der Waals surface area contributed by atoms with Crippen LogP contribution in [0.5, 0.6) is 0 Å². The summed E-state index contributed by atoms with van der Waals surface area (Å²) in [4.78, 5) is 32.2. The van der Waals surface area contributed by atoms with Gasteiger partial charge in [-0.1, -0.05) is 0 Å². The van der Waals surface area contributed by atoms with E-state index in [1.54, 1.807) is 13.8 Å². The number of pyridine rings is 1. The Morgan fingerprint density at radius 3 is 2.42 bits per heavy atom. The fraction of sp³-hybridized carbons (Fsp3) is 0.316. The van der Waals surface area contributed by atoms with Crippen molar-refractivity contribution in [2.45, 2.75) is 38.9 Å². The van der Waals surface area contributed by atoms with Gasteiger partial charge in [0, 0.05) is 18.0 Å². The minimum absolute atomic E-state index is 0.00900. The number of amides is 2. The maximum Gasteiger partial charge on any atom is 0.435 e. The number of nitrogens with one attached hydrogen (secondary N) is 2. The van der Waals surface area contributed by atoms with E-state index in [9.17, 15) is 27.2 Å². The lowest BCUT2D eigenvalue weighted by Crippen LogP contribution is -2.43. The molecule has 3 aromatic rings. The summed E-state index contributed by atoms with van der Waals surface area (Å²) in [5.41, 5.74) is 0.288. The van der Waals surface area contributed by atoms with Crippen LogP contribution in [0.25, 0.3) is 5.82 Å². The number of carbonyl (C=O) groups is 2. The standard InChI is InChI=1S/C19H20F4N8O2/c1-10-4-13(19(21,22)23)29-31(10)8-15(32)27-11-5-12(20)16(25-6-11)30-7-14(26-9-30)18(2,3)17(33)28-24/h4-7,9H,8,24H2,1-3H3,(H,27,32)(H,28,33). The Labute approximate surface area is 184 Å². The van der Waals surface area contributed by atoms with Gasteiger partial charge in [0.25, 0.3) is 0 Å². The van der Waals surface area contributed by atoms with Gasteiger partial charge in [-0.2, -0.15) is 18.3 Å². The van der Waals surface area contributed by atoms with Gasteiger partial charge >= 0.3 is 6.18 Å². The van der Waals surface area contributed by atoms with Crippen molar-refractivity contribution in [3.63, 3.8) is 0 Å². The molecular formula is C19H20F4N8O2. The number of hydrogen-bond acceptors (Lipinski definition) is 6. The van der Waals surface area contributed by atoms with Gasteiger partial charge in [-0.25, -0.2) is 20.2 Å². The van der Waals surface area contributed by atoms with Gasteiger partial charge in [-0.05, 0) is 26.8 Å². The first-order chi connectivity index (χ1) is 15.3. The Morgan fingerprint density at radius 1 is 1.15 bits per heavy atom. The summed E-state index contributed by atoms with van der Waals surface area (Å²) in [6, 6.07) is 1.82. The summed E-state index contributed by atoms with van der Waals surface area (Å²) >= 11 is 0. The first kappa shape index (κ1) is 23.8. The van der Waals surface area contributed by atoms with Crippen molar-refractivity contribution in [2.24, 2.45) is 5.84 Å². The molecule has 0 saturated heterocycles. The molecule has 14 heteroatoms. The molecular weight excluding hydrogens is 448 g/mol. The first-order valence-electron chi connectivity index (χ1n) is 9.46. The molecule has 0 saturated carbocycles. The molecule has 0 spiro atoms. The smallest absolute Gasteiger partial charge is 0.323 e. The van der Waals surface area contributed by atoms with Crippen LogP contribution in [-0.4, -0.2) is 36.1 Å². The molecule has 3 aromatic heterocycles. The van der Waals surface area contributed by atoms with Crippen molar-refractivity contribution in [1.82, 2.24) is 29.7 Å². The molecule has 0 bridgehead atoms. The molecule has 0 atom stereocenters. The number of nitrogens with two attached hydrogens (primary N) is 1. The summed E-state index contributed by atoms with van der Waals surface area (Å²) in [5.74, 6) is 3.01. The van der Waals surface area contributed by atoms with Gasteiger partial charge in [0.05, 0.1) is 23.0 Å². The SMILES string of the molecule is Cc1cc(C(F)(F)F)nn1CC(=O)Nc1cnc(-n2cnc(C(C)(C)C(=O)NN)c2)c(F)c1. The predicted molar refractivity (Wildman–Crippen MR) is 107 cm³/mol. The van der Waals surface area contributed by atoms with Crippen LogP contribution in [0.15, 0.2) is 30.9 Å². The van der Waals surface area contributed by atoms with Gasteiger partial charge in [0.2, 0.25) is 11.8 Å². The third-order valence-corrected chi connectivity index (χ3v) is 4.84. The van der Waals surface area contributed by atoms with E-state index >= 15 is 0 Å². The van der Waals surface area contributed by atoms with E-state index in [1.807, 2.05) is 5.43 Å². The van der Waals surface area contributed by atoms with Gasteiger partial charge in [0.15, 0.2) is 17.3 Å². The average molecular weight is 468 g/mol. The molecule has 176 valence electrons. The van der Waals surface area contributed by atoms with Crippen LogP contribution in [0, 0.1) is 12.7 Å². The monoisotopic (exact) mass is 468 g/mol. The number of aryl methyl sites for hydroxylation is 1. The minimum atomic E-state index is -4.63. The molecule has 3 rings (SSSR count). The molecule has 0 aliphatic heterocycles. The number of aromatic nitrogens is 5. The Bertz CT molecular complexity index is 1200. The lowest BCUT2D eigenvalue weighted by Gasteiger charge is -2.19. The zero-order valence-electron chi connectivity index (χ0n) is 17.7. The summed E-state index contributed by atoms with van der Waals surface area (Å²) in [5, 5.41) is 5.73. The highest BCUT2D eigenvalue weighted by molar-refractivity contribution is 5.90. The zero-order chi connectivity index (χ0) is 24.6. The van der Waals surface area contributed by atoms with Crippen molar-refractivity contribution in [2.75, 3.05) is 5.32 Å². The number of imidazole rings is 1. The number of halogens is 4. The Morgan fingerprint density at radius 2 is 1.85 bits per heavy atom. The topological polar surface area (TPSA) is 133 Å². The molecule has 0 radical (unpaired) electrons. The zero-order valence-corrected chi connectivity index (χ0v) is 17.7. The van der Waals surface area contributed by atoms with Crippen molar-refractivity contribution < 1.29 is 27.2 Å². The van der Waals surface area contributed by atoms with Crippen molar-refractivity contribution >= 4 is 17.5 Å². The molecule has 4 N–H and O–H groups in total. The summed E-state index contributed by atoms with van der Waals surface area (Å²) < 4.78 is 55.0. The third-order valence-electron chi connectivity index (χ3n) is 4.84. The van der Waals surface area contributed by atoms with E-state index in [0.717, 1.165) is 16.8 Å². The van der Waals surface area contributed by atoms with E-state index in [1.165, 1.54) is 30.2 Å². The number of anilines is 1. The maximum absolute atomic E-state index is 14.6. The van der Waals surface area contributed by atoms with Crippen LogP contribution in [0.1, 0.15) is 30.9 Å². The highest BCUT2D eigenvalue weighted by Gasteiger charge is 2.34. The van der Waals surface area contributed by atoms with Crippen LogP contribution in [-0.2, 0) is 27.7 Å². The Balaban J connectivity index is 1.73. The third kappa shape index (κ3) is 5.00. The van der Waals surface area contributed by atoms with Crippen LogP contribution < -0.4 is 16.6 Å². The molecule has 33 heavy (non-hydrogen) atoms. The van der Waals surface area contributed by atoms with E-state index < -0.39 is 41.5 Å². The molecule has 2 amide bonds. The summed E-state index contributed by atoms with van der Waals surface area (Å²) in [7, 11) is 0. The minimum Gasteiger partial charge on any atom is -0.323 e. The number of nitrogens with zero attached hydrogens (tertiary/aromatic N) is 5. The molecule has 0 unspecified atom stereocenters. The van der Waals surface area contributed by atoms with Gasteiger partial charge in [0.1, 0.15) is 12.9 Å². The van der Waals surface area contributed by atoms with Crippen LogP contribution in [0.3, 0.4) is 0 Å². The molecule has 10 nitrogen and oxygen atoms in total. The maximum atomic E-state index is 14.6. The number of carbonyl (C=O) groups excluding carboxylic acids is 2. The predicted octanol–water partition coefficient (Wildman–Crippen LogP) is 1.84. The number of alkyl halides is 3. The molecule has 0 aliphatic rings. The number of hydrogen-bond donors (Lipinski definition) is 3.